The molecule has 3 aliphatic rings. The Labute approximate surface area is 865 Å². The third-order valence-corrected chi connectivity index (χ3v) is 29.0. The lowest BCUT2D eigenvalue weighted by Crippen LogP contribution is -2.22. The zero-order valence-corrected chi connectivity index (χ0v) is 89.2. The van der Waals surface area contributed by atoms with Crippen molar-refractivity contribution in [1.82, 2.24) is 0 Å². The topological polar surface area (TPSA) is 161 Å². The lowest BCUT2D eigenvalue weighted by Gasteiger charge is -2.29. The fourth-order valence-electron chi connectivity index (χ4n) is 19.7. The highest BCUT2D eigenvalue weighted by Crippen LogP contribution is 2.41. The van der Waals surface area contributed by atoms with Gasteiger partial charge >= 0.3 is 23.9 Å². The second kappa shape index (κ2) is 68.2. The molecule has 782 valence electrons. The summed E-state index contributed by atoms with van der Waals surface area (Å²) in [5.41, 5.74) is 15.9. The number of carbonyl (C=O) groups is 4. The summed E-state index contributed by atoms with van der Waals surface area (Å²) in [6.45, 7) is 24.7. The van der Waals surface area contributed by atoms with Crippen molar-refractivity contribution in [3.05, 3.63) is 269 Å². The van der Waals surface area contributed by atoms with E-state index >= 15 is 0 Å². The van der Waals surface area contributed by atoms with Crippen LogP contribution >= 0.6 is 0 Å². The third-order valence-electron chi connectivity index (χ3n) is 29.0. The maximum absolute atomic E-state index is 14.9. The second-order valence-corrected chi connectivity index (χ2v) is 41.1. The maximum Gasteiger partial charge on any atom is 0.338 e. The van der Waals surface area contributed by atoms with Gasteiger partial charge in [-0.3, -0.25) is 19.4 Å². The van der Waals surface area contributed by atoms with Gasteiger partial charge in [0, 0.05) is 26.1 Å². The number of unbranched alkanes of at least 4 members (excludes halogenated alkanes) is 18. The van der Waals surface area contributed by atoms with Crippen LogP contribution in [-0.4, -0.2) is 75.2 Å². The van der Waals surface area contributed by atoms with Crippen LogP contribution in [0.5, 0.6) is 28.7 Å². The van der Waals surface area contributed by atoms with Gasteiger partial charge in [-0.05, 0) is 375 Å². The predicted molar refractivity (Wildman–Crippen MR) is 587 cm³/mol. The van der Waals surface area contributed by atoms with Gasteiger partial charge in [0.15, 0.2) is 17.3 Å². The van der Waals surface area contributed by atoms with E-state index in [2.05, 4.69) is 146 Å². The summed E-state index contributed by atoms with van der Waals surface area (Å²) in [4.78, 5) is 59.9. The van der Waals surface area contributed by atoms with E-state index in [1.807, 2.05) is 73.7 Å². The van der Waals surface area contributed by atoms with Crippen LogP contribution in [-0.2, 0) is 59.1 Å². The van der Waals surface area contributed by atoms with Gasteiger partial charge in [-0.1, -0.05) is 279 Å². The molecule has 9 aromatic carbocycles. The van der Waals surface area contributed by atoms with Crippen LogP contribution in [0.2, 0.25) is 0 Å². The molecule has 0 aliphatic heterocycles. The lowest BCUT2D eigenvalue weighted by molar-refractivity contribution is -0.169. The summed E-state index contributed by atoms with van der Waals surface area (Å²) in [6, 6.07) is 68.0. The highest BCUT2D eigenvalue weighted by Gasteiger charge is 2.26. The number of carbonyl (C=O) groups excluding carboxylic acids is 4. The maximum atomic E-state index is 14.9. The average Bonchev–Trinajstić information content (AvgIpc) is 0.821. The first-order valence-corrected chi connectivity index (χ1v) is 56.3. The lowest BCUT2D eigenvalue weighted by atomic mass is 9.76. The van der Waals surface area contributed by atoms with Crippen LogP contribution < -0.4 is 23.8 Å². The van der Waals surface area contributed by atoms with Crippen LogP contribution in [0.1, 0.15) is 397 Å². The van der Waals surface area contributed by atoms with Gasteiger partial charge in [0.2, 0.25) is 0 Å². The SMILES string of the molecule is C=C(CCC(=O)Oc1ccc(-c2ccc(C3CCC(CCCCCC)CC3)cc2C)cc1)OOc1ccc(C(=O)OC(C)CCCCC)cc1.CCCCCC(=O)Oc1ccc(OCCCc2ccc(-c3ccc(OCCCCCCOC4CCC(CCCC)CC4)c(F)c3)cc2)cc1.CCCCCCc1ccc(-c2ccc(CCCCc3ccc(C(=O)OCCCCCCOC4CCC(C)CC4)cc3)cc2)cc1. The molecule has 0 N–H and O–H groups in total. The Hall–Kier alpha value is -10.4. The zero-order valence-electron chi connectivity index (χ0n) is 89.2. The van der Waals surface area contributed by atoms with Crippen LogP contribution in [0.25, 0.3) is 33.4 Å². The highest BCUT2D eigenvalue weighted by atomic mass is 19.1. The number of hydrogen-bond acceptors (Lipinski definition) is 14. The summed E-state index contributed by atoms with van der Waals surface area (Å²) in [5.74, 6) is 4.71. The van der Waals surface area contributed by atoms with Gasteiger partial charge in [-0.25, -0.2) is 14.0 Å². The summed E-state index contributed by atoms with van der Waals surface area (Å²) >= 11 is 0. The number of benzene rings is 9. The van der Waals surface area contributed by atoms with Crippen molar-refractivity contribution in [3.8, 4) is 62.1 Å². The zero-order chi connectivity index (χ0) is 102. The van der Waals surface area contributed by atoms with Gasteiger partial charge in [-0.15, -0.1) is 0 Å². The number of esters is 4. The van der Waals surface area contributed by atoms with E-state index in [4.69, 9.17) is 47.7 Å². The number of aryl methyl sites for hydroxylation is 5. The van der Waals surface area contributed by atoms with Crippen molar-refractivity contribution in [3.63, 3.8) is 0 Å². The van der Waals surface area contributed by atoms with Gasteiger partial charge < -0.3 is 37.9 Å². The average molecular weight is 1970 g/mol. The first kappa shape index (κ1) is 116. The van der Waals surface area contributed by atoms with E-state index in [1.54, 1.807) is 48.5 Å². The van der Waals surface area contributed by atoms with Crippen molar-refractivity contribution in [2.24, 2.45) is 17.8 Å². The molecule has 14 nitrogen and oxygen atoms in total. The Bertz CT molecular complexity index is 5020. The minimum atomic E-state index is -0.384. The molecule has 15 heteroatoms. The molecule has 3 fully saturated rings. The predicted octanol–water partition coefficient (Wildman–Crippen LogP) is 35.3. The molecule has 9 aromatic rings. The molecule has 0 radical (unpaired) electrons. The van der Waals surface area contributed by atoms with Gasteiger partial charge in [-0.2, -0.15) is 0 Å². The molecule has 144 heavy (non-hydrogen) atoms. The third kappa shape index (κ3) is 44.9. The van der Waals surface area contributed by atoms with Crippen LogP contribution in [0.15, 0.2) is 219 Å². The van der Waals surface area contributed by atoms with E-state index in [0.29, 0.717) is 78.5 Å². The summed E-state index contributed by atoms with van der Waals surface area (Å²) in [7, 11) is 0. The minimum absolute atomic E-state index is 0.0898. The smallest absolute Gasteiger partial charge is 0.338 e. The minimum Gasteiger partial charge on any atom is -0.494 e. The fraction of sp³-hybridized carbons (Fsp3) is 0.535. The van der Waals surface area contributed by atoms with E-state index in [9.17, 15) is 23.6 Å². The molecule has 0 heterocycles. The molecule has 0 bridgehead atoms. The Balaban J connectivity index is 0.000000222. The molecular weight excluding hydrogens is 1790 g/mol. The molecule has 1 atom stereocenters. The Morgan fingerprint density at radius 1 is 0.368 bits per heavy atom. The second-order valence-electron chi connectivity index (χ2n) is 41.1. The van der Waals surface area contributed by atoms with E-state index < -0.39 is 0 Å². The molecule has 3 aliphatic carbocycles. The van der Waals surface area contributed by atoms with Crippen LogP contribution in [0, 0.1) is 30.5 Å². The molecule has 0 saturated heterocycles. The highest BCUT2D eigenvalue weighted by molar-refractivity contribution is 5.90. The van der Waals surface area contributed by atoms with Crippen molar-refractivity contribution in [2.75, 3.05) is 33.0 Å². The van der Waals surface area contributed by atoms with E-state index in [-0.39, 0.29) is 54.4 Å². The van der Waals surface area contributed by atoms with E-state index in [1.165, 1.54) is 211 Å². The van der Waals surface area contributed by atoms with E-state index in [0.717, 1.165) is 188 Å². The van der Waals surface area contributed by atoms with Gasteiger partial charge in [0.1, 0.15) is 23.0 Å². The largest absolute Gasteiger partial charge is 0.494 e. The Morgan fingerprint density at radius 3 is 1.36 bits per heavy atom. The monoisotopic (exact) mass is 1970 g/mol. The van der Waals surface area contributed by atoms with Gasteiger partial charge in [0.25, 0.3) is 0 Å². The molecule has 0 aromatic heterocycles. The molecule has 12 rings (SSSR count). The van der Waals surface area contributed by atoms with Gasteiger partial charge in [0.05, 0.1) is 55.7 Å². The summed E-state index contributed by atoms with van der Waals surface area (Å²) in [5, 5.41) is 0. The van der Waals surface area contributed by atoms with Crippen LogP contribution in [0.4, 0.5) is 4.39 Å². The number of ether oxygens (including phenoxy) is 8. The molecule has 3 saturated carbocycles. The van der Waals surface area contributed by atoms with Crippen molar-refractivity contribution in [2.45, 2.75) is 394 Å². The van der Waals surface area contributed by atoms with Crippen molar-refractivity contribution < 1.29 is 71.2 Å². The Morgan fingerprint density at radius 2 is 0.799 bits per heavy atom. The standard InChI is InChI=1S/C44H58O6.C43H59FO5.C42H58O3/c1-6-8-10-12-14-35-16-18-36(19-17-35)39-24-29-42(32(3)31-39)37-20-25-40(26-21-37)48-43(45)30-15-34(5)49-50-41-27-22-38(23-28-41)44(46)47-33(4)13-11-9-7-2;1-3-5-9-15-43(45)49-40-27-25-39(26-28-40)47-32-12-14-35-16-20-36(21-17-35)37-22-29-42(41(44)33-37)48-31-11-8-7-10-30-46-38-23-18-34(19-24-38)13-6-4-2;1-3-4-5-8-13-35-18-24-38(25-19-35)39-26-20-36(21-27-39)14-9-10-15-37-22-28-40(29-23-37)42(43)45-33-12-7-6-11-32-44-41-30-16-34(2)17-31-41/h20-29,31,33,35-36H,5-19,30H2,1-4H3;16-17,20-22,25-29,33-34,38H,3-15,18-19,23-24,30-32H2,1-2H3;18-29,34,41H,3-17,30-33H2,1-2H3. The number of rotatable bonds is 63. The number of allylic oxidation sites excluding steroid dienone is 1. The summed E-state index contributed by atoms with van der Waals surface area (Å²) in [6.07, 6.45) is 56.2. The molecule has 0 spiro atoms. The first-order valence-electron chi connectivity index (χ1n) is 56.3. The Kier molecular flexibility index (Phi) is 54.7. The molecule has 1 unspecified atom stereocenters. The normalized spacial score (nSPS) is 16.3. The molecular formula is C129H175FO14. The van der Waals surface area contributed by atoms with Crippen molar-refractivity contribution >= 4 is 23.9 Å². The first-order chi connectivity index (χ1) is 70.4. The van der Waals surface area contributed by atoms with Crippen LogP contribution in [0.3, 0.4) is 0 Å². The summed E-state index contributed by atoms with van der Waals surface area (Å²) < 4.78 is 60.7. The number of halogens is 1. The number of hydrogen-bond donors (Lipinski definition) is 0. The van der Waals surface area contributed by atoms with Crippen molar-refractivity contribution in [1.29, 1.82) is 0 Å². The molecule has 0 amide bonds. The quantitative estimate of drug-likeness (QED) is 0.00884. The fourth-order valence-corrected chi connectivity index (χ4v) is 19.7.